The number of hydrogen-bond donors (Lipinski definition) is 2. The first kappa shape index (κ1) is 19.7. The van der Waals surface area contributed by atoms with Crippen molar-refractivity contribution >= 4 is 5.97 Å². The fourth-order valence-corrected chi connectivity index (χ4v) is 9.41. The van der Waals surface area contributed by atoms with Crippen molar-refractivity contribution in [3.05, 3.63) is 11.6 Å². The number of hydrogen-bond acceptors (Lipinski definition) is 6. The Balaban J connectivity index is 1.42. The largest absolute Gasteiger partial charge is 0.458 e. The zero-order chi connectivity index (χ0) is 20.9. The molecular formula is C24H34O6. The van der Waals surface area contributed by atoms with Crippen LogP contribution in [0, 0.1) is 28.6 Å². The molecule has 6 aliphatic rings. The van der Waals surface area contributed by atoms with Crippen LogP contribution < -0.4 is 0 Å². The minimum Gasteiger partial charge on any atom is -0.458 e. The number of methoxy groups -OCH3 is 1. The fraction of sp³-hybridized carbons (Fsp3) is 0.875. The number of ether oxygens (including phenoxy) is 3. The molecule has 1 saturated heterocycles. The van der Waals surface area contributed by atoms with Crippen LogP contribution in [0.5, 0.6) is 0 Å². The third-order valence-corrected chi connectivity index (χ3v) is 10.5. The summed E-state index contributed by atoms with van der Waals surface area (Å²) in [4.78, 5) is 11.7. The first-order chi connectivity index (χ1) is 14.3. The van der Waals surface area contributed by atoms with E-state index in [1.54, 1.807) is 13.2 Å². The van der Waals surface area contributed by atoms with E-state index in [2.05, 4.69) is 6.92 Å². The molecule has 0 amide bonds. The van der Waals surface area contributed by atoms with E-state index in [-0.39, 0.29) is 22.9 Å². The van der Waals surface area contributed by atoms with E-state index < -0.39 is 23.4 Å². The molecule has 0 radical (unpaired) electrons. The van der Waals surface area contributed by atoms with E-state index in [9.17, 15) is 15.0 Å². The van der Waals surface area contributed by atoms with Crippen molar-refractivity contribution in [2.24, 2.45) is 28.6 Å². The van der Waals surface area contributed by atoms with Crippen molar-refractivity contribution < 1.29 is 29.2 Å². The molecule has 30 heavy (non-hydrogen) atoms. The van der Waals surface area contributed by atoms with Crippen LogP contribution in [0.25, 0.3) is 0 Å². The molecule has 2 aliphatic heterocycles. The minimum atomic E-state index is -0.921. The first-order valence-electron chi connectivity index (χ1n) is 11.8. The molecule has 2 N–H and O–H groups in total. The second-order valence-corrected chi connectivity index (χ2v) is 11.2. The summed E-state index contributed by atoms with van der Waals surface area (Å²) in [6.45, 7) is 2.83. The van der Waals surface area contributed by atoms with Gasteiger partial charge >= 0.3 is 5.97 Å². The molecule has 6 nitrogen and oxygen atoms in total. The Labute approximate surface area is 177 Å². The van der Waals surface area contributed by atoms with Gasteiger partial charge < -0.3 is 24.4 Å². The van der Waals surface area contributed by atoms with Crippen molar-refractivity contribution in [3.8, 4) is 0 Å². The van der Waals surface area contributed by atoms with Crippen molar-refractivity contribution in [1.82, 2.24) is 0 Å². The Kier molecular flexibility index (Phi) is 4.00. The highest BCUT2D eigenvalue weighted by Crippen LogP contribution is 2.76. The van der Waals surface area contributed by atoms with E-state index in [4.69, 9.17) is 14.2 Å². The number of aliphatic hydroxyl groups is 2. The average molecular weight is 419 g/mol. The normalized spacial score (nSPS) is 56.7. The standard InChI is InChI=1S/C24H34O6/c1-21-7-6-18-23-8-5-15(25)12-22(23,27)9-10-24(18,30-20(23)28-2)17(21)4-3-16(21)14-11-19(26)29-13-14/h11,15-18,20,25,27H,3-10,12-13H2,1-2H3/t15-,16-,17-,18-,20-,21-,22-,23-,24-/m1/s1. The molecule has 0 aromatic rings. The lowest BCUT2D eigenvalue weighted by atomic mass is 9.42. The Bertz CT molecular complexity index is 810. The lowest BCUT2D eigenvalue weighted by molar-refractivity contribution is -0.239. The SMILES string of the molecule is CO[C@@H]1O[C@@]23CC[C@@]4(O)C[C@H](O)CC[C@@]14[C@H]2CC[C@]1(C)[C@@H](C2=CC(=O)OC2)CC[C@H]13. The third kappa shape index (κ3) is 2.12. The monoisotopic (exact) mass is 418 g/mol. The van der Waals surface area contributed by atoms with E-state index in [0.717, 1.165) is 44.1 Å². The zero-order valence-corrected chi connectivity index (χ0v) is 18.1. The maximum absolute atomic E-state index is 11.9. The summed E-state index contributed by atoms with van der Waals surface area (Å²) in [7, 11) is 1.71. The molecule has 0 unspecified atom stereocenters. The van der Waals surface area contributed by atoms with Gasteiger partial charge in [-0.05, 0) is 74.2 Å². The second-order valence-electron chi connectivity index (χ2n) is 11.2. The third-order valence-electron chi connectivity index (χ3n) is 10.5. The molecule has 5 fully saturated rings. The smallest absolute Gasteiger partial charge is 0.331 e. The van der Waals surface area contributed by atoms with Crippen molar-refractivity contribution in [1.29, 1.82) is 0 Å². The maximum atomic E-state index is 11.9. The Morgan fingerprint density at radius 1 is 1.10 bits per heavy atom. The highest BCUT2D eigenvalue weighted by molar-refractivity contribution is 5.85. The number of carbonyl (C=O) groups excluding carboxylic acids is 1. The predicted molar refractivity (Wildman–Crippen MR) is 107 cm³/mol. The van der Waals surface area contributed by atoms with Gasteiger partial charge in [0.15, 0.2) is 6.29 Å². The van der Waals surface area contributed by atoms with E-state index in [1.807, 2.05) is 0 Å². The molecule has 6 heteroatoms. The van der Waals surface area contributed by atoms with Gasteiger partial charge in [0.25, 0.3) is 0 Å². The van der Waals surface area contributed by atoms with Crippen LogP contribution in [-0.4, -0.2) is 53.5 Å². The quantitative estimate of drug-likeness (QED) is 0.671. The van der Waals surface area contributed by atoms with Gasteiger partial charge in [-0.2, -0.15) is 0 Å². The number of esters is 1. The Morgan fingerprint density at radius 2 is 1.93 bits per heavy atom. The minimum absolute atomic E-state index is 0.0732. The fourth-order valence-electron chi connectivity index (χ4n) is 9.41. The van der Waals surface area contributed by atoms with E-state index >= 15 is 0 Å². The van der Waals surface area contributed by atoms with Gasteiger partial charge in [-0.25, -0.2) is 4.79 Å². The summed E-state index contributed by atoms with van der Waals surface area (Å²) in [6.07, 6.45) is 8.47. The van der Waals surface area contributed by atoms with Crippen molar-refractivity contribution in [2.45, 2.75) is 88.3 Å². The molecular weight excluding hydrogens is 384 g/mol. The van der Waals surface area contributed by atoms with Crippen molar-refractivity contribution in [3.63, 3.8) is 0 Å². The molecule has 4 saturated carbocycles. The van der Waals surface area contributed by atoms with E-state index in [1.165, 1.54) is 0 Å². The second kappa shape index (κ2) is 6.09. The van der Waals surface area contributed by atoms with Crippen LogP contribution in [-0.2, 0) is 19.0 Å². The molecule has 166 valence electrons. The number of carbonyl (C=O) groups is 1. The highest BCUT2D eigenvalue weighted by atomic mass is 16.7. The molecule has 4 aliphatic carbocycles. The lowest BCUT2D eigenvalue weighted by Crippen LogP contribution is -2.67. The van der Waals surface area contributed by atoms with E-state index in [0.29, 0.717) is 37.7 Å². The van der Waals surface area contributed by atoms with Gasteiger partial charge in [-0.3, -0.25) is 0 Å². The van der Waals surface area contributed by atoms with Crippen LogP contribution in [0.2, 0.25) is 0 Å². The molecule has 2 bridgehead atoms. The number of cyclic esters (lactones) is 1. The van der Waals surface area contributed by atoms with Gasteiger partial charge in [0.2, 0.25) is 0 Å². The molecule has 1 spiro atoms. The van der Waals surface area contributed by atoms with Crippen LogP contribution in [0.15, 0.2) is 11.6 Å². The van der Waals surface area contributed by atoms with Crippen LogP contribution in [0.3, 0.4) is 0 Å². The summed E-state index contributed by atoms with van der Waals surface area (Å²) >= 11 is 0. The lowest BCUT2D eigenvalue weighted by Gasteiger charge is -2.63. The summed E-state index contributed by atoms with van der Waals surface area (Å²) in [5.41, 5.74) is -0.394. The van der Waals surface area contributed by atoms with Gasteiger partial charge in [0, 0.05) is 25.5 Å². The van der Waals surface area contributed by atoms with Gasteiger partial charge in [0.05, 0.1) is 22.7 Å². The van der Waals surface area contributed by atoms with Gasteiger partial charge in [-0.15, -0.1) is 0 Å². The molecule has 0 aromatic heterocycles. The topological polar surface area (TPSA) is 85.2 Å². The Hall–Kier alpha value is -0.950. The average Bonchev–Trinajstić information content (AvgIpc) is 3.34. The number of aliphatic hydroxyl groups excluding tert-OH is 1. The van der Waals surface area contributed by atoms with Crippen LogP contribution in [0.4, 0.5) is 0 Å². The molecule has 9 atom stereocenters. The molecule has 6 rings (SSSR count). The summed E-state index contributed by atoms with van der Waals surface area (Å²) in [6, 6.07) is 0. The van der Waals surface area contributed by atoms with Crippen LogP contribution in [0.1, 0.15) is 64.7 Å². The zero-order valence-electron chi connectivity index (χ0n) is 18.1. The summed E-state index contributed by atoms with van der Waals surface area (Å²) < 4.78 is 18.1. The summed E-state index contributed by atoms with van der Waals surface area (Å²) in [5.74, 6) is 0.801. The number of rotatable bonds is 2. The maximum Gasteiger partial charge on any atom is 0.331 e. The predicted octanol–water partition coefficient (Wildman–Crippen LogP) is 2.71. The first-order valence-corrected chi connectivity index (χ1v) is 11.8. The highest BCUT2D eigenvalue weighted by Gasteiger charge is 2.79. The molecule has 0 aromatic carbocycles. The van der Waals surface area contributed by atoms with Crippen LogP contribution >= 0.6 is 0 Å². The van der Waals surface area contributed by atoms with Gasteiger partial charge in [-0.1, -0.05) is 6.92 Å². The van der Waals surface area contributed by atoms with Crippen molar-refractivity contribution in [2.75, 3.05) is 13.7 Å². The summed E-state index contributed by atoms with van der Waals surface area (Å²) in [5, 5.41) is 22.2. The van der Waals surface area contributed by atoms with Gasteiger partial charge in [0.1, 0.15) is 6.61 Å². The Morgan fingerprint density at radius 3 is 2.67 bits per heavy atom. The number of fused-ring (bicyclic) bond motifs is 1. The molecule has 2 heterocycles.